The number of likely N-dealkylation sites (tertiary alicyclic amines) is 1. The number of carbonyl (C=O) groups excluding carboxylic acids is 1. The predicted molar refractivity (Wildman–Crippen MR) is 97.7 cm³/mol. The van der Waals surface area contributed by atoms with Gasteiger partial charge in [0.25, 0.3) is 0 Å². The van der Waals surface area contributed by atoms with Gasteiger partial charge < -0.3 is 18.8 Å². The Kier molecular flexibility index (Phi) is 7.51. The van der Waals surface area contributed by atoms with Crippen molar-refractivity contribution in [2.24, 2.45) is 5.41 Å². The van der Waals surface area contributed by atoms with E-state index in [4.69, 9.17) is 13.9 Å². The Morgan fingerprint density at radius 2 is 2.08 bits per heavy atom. The van der Waals surface area contributed by atoms with Gasteiger partial charge in [-0.3, -0.25) is 4.79 Å². The summed E-state index contributed by atoms with van der Waals surface area (Å²) in [5.41, 5.74) is -0.369. The third-order valence-electron chi connectivity index (χ3n) is 5.43. The van der Waals surface area contributed by atoms with Crippen LogP contribution in [-0.2, 0) is 14.3 Å². The molecule has 1 aliphatic rings. The van der Waals surface area contributed by atoms with E-state index in [9.17, 15) is 4.79 Å². The summed E-state index contributed by atoms with van der Waals surface area (Å²) in [5.74, 6) is 2.40. The molecular formula is C20H33NO4. The van der Waals surface area contributed by atoms with Gasteiger partial charge in [-0.05, 0) is 71.3 Å². The maximum Gasteiger partial charge on any atom is 0.312 e. The van der Waals surface area contributed by atoms with E-state index in [1.807, 2.05) is 19.9 Å². The predicted octanol–water partition coefficient (Wildman–Crippen LogP) is 3.76. The van der Waals surface area contributed by atoms with Crippen LogP contribution in [0.15, 0.2) is 16.5 Å². The second-order valence-corrected chi connectivity index (χ2v) is 7.22. The topological polar surface area (TPSA) is 51.9 Å². The Morgan fingerprint density at radius 1 is 1.36 bits per heavy atom. The van der Waals surface area contributed by atoms with Crippen molar-refractivity contribution in [2.75, 3.05) is 40.0 Å². The minimum Gasteiger partial charge on any atom is -0.466 e. The average molecular weight is 351 g/mol. The molecule has 142 valence electrons. The monoisotopic (exact) mass is 351 g/mol. The molecule has 0 aromatic carbocycles. The van der Waals surface area contributed by atoms with Gasteiger partial charge in [-0.2, -0.15) is 0 Å². The van der Waals surface area contributed by atoms with Crippen molar-refractivity contribution in [2.45, 2.75) is 52.4 Å². The zero-order valence-corrected chi connectivity index (χ0v) is 16.2. The first-order chi connectivity index (χ1) is 12.0. The minimum absolute atomic E-state index is 0.0499. The van der Waals surface area contributed by atoms with Gasteiger partial charge in [0, 0.05) is 19.6 Å². The SMILES string of the molecule is CCOC(=O)C1(CCOC)CCN(CC[C@@H](C)c2ccc(C)o2)CC1. The van der Waals surface area contributed by atoms with Crippen LogP contribution in [0.1, 0.15) is 57.0 Å². The van der Waals surface area contributed by atoms with Crippen LogP contribution in [0.4, 0.5) is 0 Å². The lowest BCUT2D eigenvalue weighted by Crippen LogP contribution is -2.46. The number of hydrogen-bond acceptors (Lipinski definition) is 5. The van der Waals surface area contributed by atoms with E-state index in [1.54, 1.807) is 7.11 Å². The van der Waals surface area contributed by atoms with E-state index in [1.165, 1.54) is 0 Å². The largest absolute Gasteiger partial charge is 0.466 e. The van der Waals surface area contributed by atoms with Gasteiger partial charge in [0.1, 0.15) is 11.5 Å². The van der Waals surface area contributed by atoms with Crippen LogP contribution in [0.5, 0.6) is 0 Å². The molecule has 5 nitrogen and oxygen atoms in total. The molecule has 1 saturated heterocycles. The van der Waals surface area contributed by atoms with Crippen molar-refractivity contribution in [3.63, 3.8) is 0 Å². The van der Waals surface area contributed by atoms with Crippen molar-refractivity contribution in [1.29, 1.82) is 0 Å². The highest BCUT2D eigenvalue weighted by molar-refractivity contribution is 5.77. The number of ether oxygens (including phenoxy) is 2. The highest BCUT2D eigenvalue weighted by Gasteiger charge is 2.42. The number of furan rings is 1. The zero-order valence-electron chi connectivity index (χ0n) is 16.2. The number of nitrogens with zero attached hydrogens (tertiary/aromatic N) is 1. The number of esters is 1. The van der Waals surface area contributed by atoms with Gasteiger partial charge in [-0.15, -0.1) is 0 Å². The highest BCUT2D eigenvalue weighted by Crippen LogP contribution is 2.37. The number of rotatable bonds is 9. The maximum absolute atomic E-state index is 12.5. The second kappa shape index (κ2) is 9.39. The Balaban J connectivity index is 1.84. The van der Waals surface area contributed by atoms with E-state index in [0.717, 1.165) is 56.8 Å². The van der Waals surface area contributed by atoms with Gasteiger partial charge in [0.15, 0.2) is 0 Å². The lowest BCUT2D eigenvalue weighted by molar-refractivity contribution is -0.160. The fourth-order valence-corrected chi connectivity index (χ4v) is 3.58. The Bertz CT molecular complexity index is 532. The molecule has 1 aliphatic heterocycles. The van der Waals surface area contributed by atoms with Crippen LogP contribution in [-0.4, -0.2) is 50.8 Å². The van der Waals surface area contributed by atoms with Crippen molar-refractivity contribution in [3.8, 4) is 0 Å². The van der Waals surface area contributed by atoms with Crippen LogP contribution < -0.4 is 0 Å². The van der Waals surface area contributed by atoms with Crippen LogP contribution in [0.25, 0.3) is 0 Å². The lowest BCUT2D eigenvalue weighted by atomic mass is 9.75. The van der Waals surface area contributed by atoms with E-state index in [-0.39, 0.29) is 11.4 Å². The molecule has 0 amide bonds. The van der Waals surface area contributed by atoms with Gasteiger partial charge in [-0.25, -0.2) is 0 Å². The molecule has 0 spiro atoms. The number of piperidine rings is 1. The molecule has 2 rings (SSSR count). The third-order valence-corrected chi connectivity index (χ3v) is 5.43. The summed E-state index contributed by atoms with van der Waals surface area (Å²) in [5, 5.41) is 0. The summed E-state index contributed by atoms with van der Waals surface area (Å²) in [4.78, 5) is 14.9. The molecule has 1 atom stereocenters. The minimum atomic E-state index is -0.369. The molecule has 0 bridgehead atoms. The summed E-state index contributed by atoms with van der Waals surface area (Å²) in [7, 11) is 1.69. The lowest BCUT2D eigenvalue weighted by Gasteiger charge is -2.40. The maximum atomic E-state index is 12.5. The van der Waals surface area contributed by atoms with Gasteiger partial charge in [0.05, 0.1) is 12.0 Å². The molecule has 25 heavy (non-hydrogen) atoms. The summed E-state index contributed by atoms with van der Waals surface area (Å²) in [6.45, 7) is 10.0. The molecule has 1 fully saturated rings. The number of carbonyl (C=O) groups is 1. The van der Waals surface area contributed by atoms with Gasteiger partial charge >= 0.3 is 5.97 Å². The molecule has 0 aliphatic carbocycles. The first-order valence-corrected chi connectivity index (χ1v) is 9.45. The Hall–Kier alpha value is -1.33. The highest BCUT2D eigenvalue weighted by atomic mass is 16.5. The van der Waals surface area contributed by atoms with Crippen LogP contribution in [0.3, 0.4) is 0 Å². The molecule has 0 N–H and O–H groups in total. The fourth-order valence-electron chi connectivity index (χ4n) is 3.58. The van der Waals surface area contributed by atoms with E-state index < -0.39 is 0 Å². The molecule has 1 aromatic heterocycles. The first-order valence-electron chi connectivity index (χ1n) is 9.45. The standard InChI is InChI=1S/C20H33NO4/c1-5-24-19(22)20(11-15-23-4)9-13-21(14-10-20)12-8-16(2)18-7-6-17(3)25-18/h6-7,16H,5,8-15H2,1-4H3/t16-/m1/s1. The normalized spacial score (nSPS) is 18.9. The molecule has 1 aromatic rings. The summed E-state index contributed by atoms with van der Waals surface area (Å²) < 4.78 is 16.3. The van der Waals surface area contributed by atoms with Crippen LogP contribution >= 0.6 is 0 Å². The van der Waals surface area contributed by atoms with Crippen molar-refractivity contribution >= 4 is 5.97 Å². The summed E-state index contributed by atoms with van der Waals surface area (Å²) >= 11 is 0. The molecular weight excluding hydrogens is 318 g/mol. The Labute approximate surface area is 151 Å². The molecule has 0 radical (unpaired) electrons. The molecule has 0 unspecified atom stereocenters. The number of aryl methyl sites for hydroxylation is 1. The van der Waals surface area contributed by atoms with E-state index in [0.29, 0.717) is 19.1 Å². The Morgan fingerprint density at radius 3 is 2.64 bits per heavy atom. The molecule has 0 saturated carbocycles. The average Bonchev–Trinajstić information content (AvgIpc) is 3.05. The fraction of sp³-hybridized carbons (Fsp3) is 0.750. The van der Waals surface area contributed by atoms with Crippen molar-refractivity contribution in [3.05, 3.63) is 23.7 Å². The summed E-state index contributed by atoms with van der Waals surface area (Å²) in [6, 6.07) is 4.10. The third kappa shape index (κ3) is 5.32. The second-order valence-electron chi connectivity index (χ2n) is 7.22. The van der Waals surface area contributed by atoms with E-state index >= 15 is 0 Å². The van der Waals surface area contributed by atoms with Gasteiger partial charge in [-0.1, -0.05) is 6.92 Å². The van der Waals surface area contributed by atoms with E-state index in [2.05, 4.69) is 17.9 Å². The quantitative estimate of drug-likeness (QED) is 0.634. The molecule has 5 heteroatoms. The van der Waals surface area contributed by atoms with Gasteiger partial charge in [0.2, 0.25) is 0 Å². The van der Waals surface area contributed by atoms with Crippen LogP contribution in [0.2, 0.25) is 0 Å². The number of methoxy groups -OCH3 is 1. The van der Waals surface area contributed by atoms with Crippen molar-refractivity contribution in [1.82, 2.24) is 4.90 Å². The molecule has 2 heterocycles. The summed E-state index contributed by atoms with van der Waals surface area (Å²) in [6.07, 6.45) is 3.52. The smallest absolute Gasteiger partial charge is 0.312 e. The van der Waals surface area contributed by atoms with Crippen molar-refractivity contribution < 1.29 is 18.7 Å². The number of hydrogen-bond donors (Lipinski definition) is 0. The zero-order chi connectivity index (χ0) is 18.3. The van der Waals surface area contributed by atoms with Crippen LogP contribution in [0, 0.1) is 12.3 Å². The first kappa shape index (κ1) is 20.0.